The zero-order valence-corrected chi connectivity index (χ0v) is 15.1. The van der Waals surface area contributed by atoms with E-state index in [0.717, 1.165) is 35.0 Å². The molecule has 1 fully saturated rings. The predicted octanol–water partition coefficient (Wildman–Crippen LogP) is 4.15. The lowest BCUT2D eigenvalue weighted by Crippen LogP contribution is -2.15. The summed E-state index contributed by atoms with van der Waals surface area (Å²) in [6, 6.07) is 1.92. The molecule has 1 saturated carbocycles. The number of nitrogens with zero attached hydrogens (tertiary/aromatic N) is 4. The molecule has 3 aromatic rings. The zero-order chi connectivity index (χ0) is 18.3. The number of hydrogen-bond donors (Lipinski definition) is 2. The van der Waals surface area contributed by atoms with Crippen LogP contribution < -0.4 is 0 Å². The van der Waals surface area contributed by atoms with E-state index >= 15 is 0 Å². The summed E-state index contributed by atoms with van der Waals surface area (Å²) in [7, 11) is 0. The van der Waals surface area contributed by atoms with Crippen molar-refractivity contribution in [1.29, 1.82) is 0 Å². The molecule has 0 radical (unpaired) electrons. The molecule has 7 nitrogen and oxygen atoms in total. The molecular formula is C19H23N5O2. The van der Waals surface area contributed by atoms with E-state index in [9.17, 15) is 9.90 Å². The lowest BCUT2D eigenvalue weighted by atomic mass is 9.95. The van der Waals surface area contributed by atoms with E-state index in [1.54, 1.807) is 18.5 Å². The number of aromatic amines is 1. The number of pyridine rings is 1. The molecule has 0 unspecified atom stereocenters. The number of aromatic nitrogens is 5. The van der Waals surface area contributed by atoms with E-state index in [4.69, 9.17) is 5.10 Å². The van der Waals surface area contributed by atoms with Gasteiger partial charge in [-0.05, 0) is 24.8 Å². The van der Waals surface area contributed by atoms with Crippen LogP contribution in [0.25, 0.3) is 22.2 Å². The molecular weight excluding hydrogens is 330 g/mol. The van der Waals surface area contributed by atoms with Gasteiger partial charge in [-0.2, -0.15) is 10.2 Å². The SMILES string of the molecule is CC(C)c1nn(C2CCCCC2)c2nc(C(=O)O)cc(-c3cn[nH]c3)c12. The Balaban J connectivity index is 2.03. The van der Waals surface area contributed by atoms with Crippen LogP contribution in [0.5, 0.6) is 0 Å². The second-order valence-electron chi connectivity index (χ2n) is 7.32. The first-order valence-corrected chi connectivity index (χ1v) is 9.22. The van der Waals surface area contributed by atoms with E-state index < -0.39 is 5.97 Å². The predicted molar refractivity (Wildman–Crippen MR) is 98.3 cm³/mol. The van der Waals surface area contributed by atoms with Gasteiger partial charge in [-0.1, -0.05) is 33.1 Å². The lowest BCUT2D eigenvalue weighted by Gasteiger charge is -2.22. The second kappa shape index (κ2) is 6.55. The van der Waals surface area contributed by atoms with Gasteiger partial charge in [0.15, 0.2) is 11.3 Å². The molecule has 1 aliphatic rings. The highest BCUT2D eigenvalue weighted by molar-refractivity contribution is 5.99. The van der Waals surface area contributed by atoms with Gasteiger partial charge >= 0.3 is 5.97 Å². The monoisotopic (exact) mass is 353 g/mol. The number of fused-ring (bicyclic) bond motifs is 1. The van der Waals surface area contributed by atoms with E-state index in [0.29, 0.717) is 5.65 Å². The maximum absolute atomic E-state index is 11.7. The van der Waals surface area contributed by atoms with Gasteiger partial charge in [-0.3, -0.25) is 5.10 Å². The normalized spacial score (nSPS) is 15.8. The van der Waals surface area contributed by atoms with E-state index in [2.05, 4.69) is 29.0 Å². The summed E-state index contributed by atoms with van der Waals surface area (Å²) < 4.78 is 1.99. The minimum atomic E-state index is -1.03. The summed E-state index contributed by atoms with van der Waals surface area (Å²) in [5, 5.41) is 22.3. The van der Waals surface area contributed by atoms with Crippen molar-refractivity contribution >= 4 is 17.0 Å². The van der Waals surface area contributed by atoms with Gasteiger partial charge < -0.3 is 5.11 Å². The van der Waals surface area contributed by atoms with Crippen LogP contribution in [0.2, 0.25) is 0 Å². The molecule has 0 bridgehead atoms. The molecule has 0 aromatic carbocycles. The van der Waals surface area contributed by atoms with Crippen molar-refractivity contribution in [3.63, 3.8) is 0 Å². The van der Waals surface area contributed by atoms with Crippen LogP contribution in [0.3, 0.4) is 0 Å². The highest BCUT2D eigenvalue weighted by atomic mass is 16.4. The van der Waals surface area contributed by atoms with Gasteiger partial charge in [-0.15, -0.1) is 0 Å². The van der Waals surface area contributed by atoms with Gasteiger partial charge in [-0.25, -0.2) is 14.5 Å². The van der Waals surface area contributed by atoms with Crippen LogP contribution in [0.15, 0.2) is 18.5 Å². The third-order valence-corrected chi connectivity index (χ3v) is 5.18. The van der Waals surface area contributed by atoms with E-state index in [-0.39, 0.29) is 17.7 Å². The summed E-state index contributed by atoms with van der Waals surface area (Å²) >= 11 is 0. The molecule has 0 atom stereocenters. The van der Waals surface area contributed by atoms with Gasteiger partial charge in [0.1, 0.15) is 0 Å². The topological polar surface area (TPSA) is 96.7 Å². The molecule has 0 amide bonds. The number of aromatic carboxylic acids is 1. The quantitative estimate of drug-likeness (QED) is 0.734. The third kappa shape index (κ3) is 2.77. The Hall–Kier alpha value is -2.70. The smallest absolute Gasteiger partial charge is 0.354 e. The summed E-state index contributed by atoms with van der Waals surface area (Å²) in [4.78, 5) is 16.2. The maximum atomic E-state index is 11.7. The Bertz CT molecular complexity index is 937. The van der Waals surface area contributed by atoms with Crippen molar-refractivity contribution in [1.82, 2.24) is 25.0 Å². The van der Waals surface area contributed by atoms with Gasteiger partial charge in [0.2, 0.25) is 0 Å². The van der Waals surface area contributed by atoms with Crippen molar-refractivity contribution in [3.05, 3.63) is 29.8 Å². The number of carboxylic acid groups (broad SMARTS) is 1. The summed E-state index contributed by atoms with van der Waals surface area (Å²) in [5.41, 5.74) is 3.36. The molecule has 0 aliphatic heterocycles. The molecule has 1 aliphatic carbocycles. The largest absolute Gasteiger partial charge is 0.477 e. The van der Waals surface area contributed by atoms with E-state index in [1.807, 2.05) is 4.68 Å². The third-order valence-electron chi connectivity index (χ3n) is 5.18. The number of carboxylic acids is 1. The van der Waals surface area contributed by atoms with Gasteiger partial charge in [0, 0.05) is 17.3 Å². The van der Waals surface area contributed by atoms with Crippen molar-refractivity contribution in [3.8, 4) is 11.1 Å². The Morgan fingerprint density at radius 3 is 2.69 bits per heavy atom. The Kier molecular flexibility index (Phi) is 4.22. The summed E-state index contributed by atoms with van der Waals surface area (Å²) in [5.74, 6) is -0.815. The van der Waals surface area contributed by atoms with Crippen molar-refractivity contribution < 1.29 is 9.90 Å². The maximum Gasteiger partial charge on any atom is 0.354 e. The first-order valence-electron chi connectivity index (χ1n) is 9.22. The lowest BCUT2D eigenvalue weighted by molar-refractivity contribution is 0.0691. The zero-order valence-electron chi connectivity index (χ0n) is 15.1. The summed E-state index contributed by atoms with van der Waals surface area (Å²) in [6.07, 6.45) is 9.22. The first kappa shape index (κ1) is 16.8. The molecule has 136 valence electrons. The van der Waals surface area contributed by atoms with Crippen molar-refractivity contribution in [2.75, 3.05) is 0 Å². The van der Waals surface area contributed by atoms with Crippen molar-refractivity contribution in [2.45, 2.75) is 57.9 Å². The number of rotatable bonds is 4. The highest BCUT2D eigenvalue weighted by Crippen LogP contribution is 2.37. The molecule has 0 saturated heterocycles. The molecule has 0 spiro atoms. The Morgan fingerprint density at radius 2 is 2.08 bits per heavy atom. The molecule has 3 aromatic heterocycles. The van der Waals surface area contributed by atoms with Gasteiger partial charge in [0.05, 0.1) is 23.3 Å². The fourth-order valence-electron chi connectivity index (χ4n) is 3.88. The fourth-order valence-corrected chi connectivity index (χ4v) is 3.88. The fraction of sp³-hybridized carbons (Fsp3) is 0.474. The average molecular weight is 353 g/mol. The number of nitrogens with one attached hydrogen (secondary N) is 1. The molecule has 7 heteroatoms. The Morgan fingerprint density at radius 1 is 1.31 bits per heavy atom. The highest BCUT2D eigenvalue weighted by Gasteiger charge is 2.26. The first-order chi connectivity index (χ1) is 12.6. The van der Waals surface area contributed by atoms with Gasteiger partial charge in [0.25, 0.3) is 0 Å². The van der Waals surface area contributed by atoms with Crippen molar-refractivity contribution in [2.24, 2.45) is 0 Å². The standard InChI is InChI=1S/C19H23N5O2/c1-11(2)17-16-14(12-9-20-21-10-12)8-15(19(25)26)22-18(16)24(23-17)13-6-4-3-5-7-13/h8-11,13H,3-7H2,1-2H3,(H,20,21)(H,25,26). The average Bonchev–Trinajstić information content (AvgIpc) is 3.29. The number of carbonyl (C=O) groups is 1. The molecule has 26 heavy (non-hydrogen) atoms. The molecule has 2 N–H and O–H groups in total. The van der Waals surface area contributed by atoms with Crippen LogP contribution in [-0.4, -0.2) is 36.0 Å². The van der Waals surface area contributed by atoms with Crippen LogP contribution in [0, 0.1) is 0 Å². The van der Waals surface area contributed by atoms with Crippen LogP contribution in [-0.2, 0) is 0 Å². The minimum Gasteiger partial charge on any atom is -0.477 e. The van der Waals surface area contributed by atoms with Crippen LogP contribution >= 0.6 is 0 Å². The molecule has 4 rings (SSSR count). The number of hydrogen-bond acceptors (Lipinski definition) is 4. The van der Waals surface area contributed by atoms with Crippen LogP contribution in [0.4, 0.5) is 0 Å². The second-order valence-corrected chi connectivity index (χ2v) is 7.32. The number of H-pyrrole nitrogens is 1. The van der Waals surface area contributed by atoms with Crippen LogP contribution in [0.1, 0.15) is 74.1 Å². The minimum absolute atomic E-state index is 0.0426. The Labute approximate surface area is 151 Å². The molecule has 3 heterocycles. The van der Waals surface area contributed by atoms with E-state index in [1.165, 1.54) is 19.3 Å². The summed E-state index contributed by atoms with van der Waals surface area (Å²) in [6.45, 7) is 4.22.